The number of tetrazole rings is 1. The van der Waals surface area contributed by atoms with Gasteiger partial charge in [-0.15, -0.1) is 26.2 Å². The smallest absolute Gasteiger partial charge is 0.352 e. The number of hydrogen-bond acceptors (Lipinski definition) is 9. The lowest BCUT2D eigenvalue weighted by molar-refractivity contribution is -0.148. The largest absolute Gasteiger partial charge is 0.481 e. The van der Waals surface area contributed by atoms with Crippen molar-refractivity contribution >= 4 is 41.6 Å². The Morgan fingerprint density at radius 1 is 1.48 bits per heavy atom. The number of aliphatic carboxylic acids is 2. The number of β-lactam (4-membered cyclic amide) rings is 1. The predicted molar refractivity (Wildman–Crippen MR) is 87.1 cm³/mol. The monoisotopic (exact) mass is 386 g/mol. The molecule has 0 aliphatic carbocycles. The summed E-state index contributed by atoms with van der Waals surface area (Å²) in [6.07, 6.45) is 1.19. The molecule has 1 amide bonds. The van der Waals surface area contributed by atoms with Crippen molar-refractivity contribution in [2.75, 3.05) is 5.75 Å². The van der Waals surface area contributed by atoms with E-state index in [4.69, 9.17) is 5.73 Å². The van der Waals surface area contributed by atoms with Crippen LogP contribution in [0.2, 0.25) is 0 Å². The van der Waals surface area contributed by atoms with Gasteiger partial charge in [-0.05, 0) is 10.8 Å². The van der Waals surface area contributed by atoms with Crippen molar-refractivity contribution in [2.45, 2.75) is 23.6 Å². The second kappa shape index (κ2) is 6.65. The first-order valence-electron chi connectivity index (χ1n) is 7.12. The van der Waals surface area contributed by atoms with Crippen molar-refractivity contribution in [2.24, 2.45) is 11.7 Å². The third-order valence-corrected chi connectivity index (χ3v) is 6.57. The Bertz CT molecular complexity index is 753. The van der Waals surface area contributed by atoms with Crippen LogP contribution in [-0.2, 0) is 14.4 Å². The average molecular weight is 386 g/mol. The zero-order chi connectivity index (χ0) is 18.3. The molecule has 1 fully saturated rings. The van der Waals surface area contributed by atoms with Crippen molar-refractivity contribution in [1.82, 2.24) is 24.5 Å². The van der Waals surface area contributed by atoms with Crippen molar-refractivity contribution in [3.63, 3.8) is 0 Å². The van der Waals surface area contributed by atoms with Crippen LogP contribution in [0, 0.1) is 5.92 Å². The fourth-order valence-corrected chi connectivity index (χ4v) is 5.11. The maximum absolute atomic E-state index is 12.0. The molecule has 3 rings (SSSR count). The van der Waals surface area contributed by atoms with E-state index < -0.39 is 40.4 Å². The quantitative estimate of drug-likeness (QED) is 0.505. The van der Waals surface area contributed by atoms with Gasteiger partial charge in [0, 0.05) is 17.7 Å². The number of amides is 1. The van der Waals surface area contributed by atoms with Crippen LogP contribution < -0.4 is 5.73 Å². The lowest BCUT2D eigenvalue weighted by atomic mass is 9.96. The minimum absolute atomic E-state index is 0.207. The maximum Gasteiger partial charge on any atom is 0.352 e. The van der Waals surface area contributed by atoms with Crippen LogP contribution in [0.3, 0.4) is 0 Å². The Labute approximate surface area is 149 Å². The first-order chi connectivity index (χ1) is 11.8. The minimum Gasteiger partial charge on any atom is -0.481 e. The van der Waals surface area contributed by atoms with Gasteiger partial charge in [-0.25, -0.2) is 4.79 Å². The molecule has 4 N–H and O–H groups in total. The summed E-state index contributed by atoms with van der Waals surface area (Å²) in [4.78, 5) is 36.5. The van der Waals surface area contributed by atoms with E-state index in [1.165, 1.54) is 25.0 Å². The highest BCUT2D eigenvalue weighted by atomic mass is 32.2. The summed E-state index contributed by atoms with van der Waals surface area (Å²) in [6.45, 7) is 1.46. The van der Waals surface area contributed by atoms with E-state index in [1.54, 1.807) is 0 Å². The fraction of sp³-hybridized carbons (Fsp3) is 0.500. The second-order valence-electron chi connectivity index (χ2n) is 5.46. The summed E-state index contributed by atoms with van der Waals surface area (Å²) >= 11 is 2.25. The fourth-order valence-electron chi connectivity index (χ4n) is 2.65. The molecule has 2 aliphatic heterocycles. The van der Waals surface area contributed by atoms with E-state index in [2.05, 4.69) is 15.4 Å². The summed E-state index contributed by atoms with van der Waals surface area (Å²) in [5.41, 5.74) is 5.84. The highest BCUT2D eigenvalue weighted by Gasteiger charge is 2.53. The van der Waals surface area contributed by atoms with Gasteiger partial charge in [0.05, 0.1) is 11.2 Å². The van der Waals surface area contributed by atoms with Gasteiger partial charge in [0.15, 0.2) is 6.33 Å². The van der Waals surface area contributed by atoms with Crippen molar-refractivity contribution < 1.29 is 24.6 Å². The number of carbonyl (C=O) groups is 3. The number of rotatable bonds is 6. The number of aromatic nitrogens is 4. The molecule has 134 valence electrons. The molecule has 2 aliphatic rings. The normalized spacial score (nSPS) is 25.2. The number of nitrogens with zero attached hydrogens (tertiary/aromatic N) is 5. The van der Waals surface area contributed by atoms with E-state index in [9.17, 15) is 24.6 Å². The zero-order valence-electron chi connectivity index (χ0n) is 12.8. The Balaban J connectivity index is 2.04. The summed E-state index contributed by atoms with van der Waals surface area (Å²) in [7, 11) is 0. The molecule has 11 nitrogen and oxygen atoms in total. The van der Waals surface area contributed by atoms with Gasteiger partial charge >= 0.3 is 11.9 Å². The summed E-state index contributed by atoms with van der Waals surface area (Å²) in [5.74, 6) is -3.59. The molecule has 1 aromatic heterocycles. The van der Waals surface area contributed by atoms with Gasteiger partial charge in [-0.3, -0.25) is 14.5 Å². The van der Waals surface area contributed by atoms with Crippen LogP contribution in [0.1, 0.15) is 6.92 Å². The van der Waals surface area contributed by atoms with Crippen LogP contribution in [-0.4, -0.2) is 75.0 Å². The molecule has 25 heavy (non-hydrogen) atoms. The van der Waals surface area contributed by atoms with Crippen LogP contribution >= 0.6 is 23.7 Å². The molecule has 3 unspecified atom stereocenters. The van der Waals surface area contributed by atoms with E-state index in [1.807, 2.05) is 0 Å². The van der Waals surface area contributed by atoms with Crippen LogP contribution in [0.25, 0.3) is 0 Å². The zero-order valence-corrected chi connectivity index (χ0v) is 14.5. The molecule has 0 saturated carbocycles. The molecule has 0 radical (unpaired) electrons. The van der Waals surface area contributed by atoms with Gasteiger partial charge < -0.3 is 15.9 Å². The van der Waals surface area contributed by atoms with Crippen LogP contribution in [0.5, 0.6) is 0 Å². The molecular weight excluding hydrogens is 372 g/mol. The Morgan fingerprint density at radius 3 is 2.76 bits per heavy atom. The highest BCUT2D eigenvalue weighted by Crippen LogP contribution is 2.43. The van der Waals surface area contributed by atoms with E-state index in [-0.39, 0.29) is 11.4 Å². The first kappa shape index (κ1) is 17.7. The minimum atomic E-state index is -1.30. The molecule has 0 bridgehead atoms. The van der Waals surface area contributed by atoms with Gasteiger partial charge in [-0.1, -0.05) is 6.92 Å². The topological polar surface area (TPSA) is 165 Å². The van der Waals surface area contributed by atoms with Crippen molar-refractivity contribution in [1.29, 1.82) is 0 Å². The van der Waals surface area contributed by atoms with Gasteiger partial charge in [0.25, 0.3) is 0 Å². The number of fused-ring (bicyclic) bond motifs is 1. The SMILES string of the molecule is CC(C(=O)O)C(Sn1ncnn1)C1=C(C(=O)O)N2C(=O)C(N)[C@H]2SC1. The summed E-state index contributed by atoms with van der Waals surface area (Å²) in [6, 6.07) is -0.749. The third kappa shape index (κ3) is 2.98. The molecule has 0 spiro atoms. The molecule has 3 heterocycles. The standard InChI is InChI=1S/C12H14N6O5S2/c1-4(11(20)21)8(25-18-15-3-14-16-18)5-2-24-10-6(13)9(19)17(10)7(5)12(22)23/h3-4,6,8,10H,2,13H2,1H3,(H,20,21)(H,22,23)/t4?,6?,8?,10-/m1/s1. The summed E-state index contributed by atoms with van der Waals surface area (Å²) < 4.78 is 1.12. The van der Waals surface area contributed by atoms with Crippen molar-refractivity contribution in [3.8, 4) is 0 Å². The molecular formula is C12H14N6O5S2. The van der Waals surface area contributed by atoms with Crippen LogP contribution in [0.15, 0.2) is 17.6 Å². The van der Waals surface area contributed by atoms with E-state index in [0.717, 1.165) is 21.0 Å². The van der Waals surface area contributed by atoms with E-state index in [0.29, 0.717) is 5.57 Å². The number of carboxylic acid groups (broad SMARTS) is 2. The van der Waals surface area contributed by atoms with Crippen molar-refractivity contribution in [3.05, 3.63) is 17.6 Å². The Morgan fingerprint density at radius 2 is 2.20 bits per heavy atom. The molecule has 4 atom stereocenters. The summed E-state index contributed by atoms with van der Waals surface area (Å²) in [5, 5.41) is 28.8. The average Bonchev–Trinajstić information content (AvgIpc) is 3.10. The predicted octanol–water partition coefficient (Wildman–Crippen LogP) is -1.16. The molecule has 1 saturated heterocycles. The molecule has 13 heteroatoms. The Hall–Kier alpha value is -2.12. The maximum atomic E-state index is 12.0. The number of carboxylic acids is 2. The number of nitrogens with two attached hydrogens (primary N) is 1. The molecule has 0 aromatic carbocycles. The van der Waals surface area contributed by atoms with Gasteiger partial charge in [0.2, 0.25) is 5.91 Å². The lowest BCUT2D eigenvalue weighted by Crippen LogP contribution is -2.68. The number of carbonyl (C=O) groups excluding carboxylic acids is 1. The van der Waals surface area contributed by atoms with E-state index >= 15 is 0 Å². The third-order valence-electron chi connectivity index (χ3n) is 3.97. The Kier molecular flexibility index (Phi) is 4.71. The first-order valence-corrected chi connectivity index (χ1v) is 9.01. The number of hydrogen-bond donors (Lipinski definition) is 3. The lowest BCUT2D eigenvalue weighted by Gasteiger charge is -2.48. The number of thioether (sulfide) groups is 1. The highest BCUT2D eigenvalue weighted by molar-refractivity contribution is 8.00. The van der Waals surface area contributed by atoms with Gasteiger partial charge in [-0.2, -0.15) is 0 Å². The second-order valence-corrected chi connectivity index (χ2v) is 7.61. The molecule has 1 aromatic rings. The van der Waals surface area contributed by atoms with Gasteiger partial charge in [0.1, 0.15) is 17.1 Å². The van der Waals surface area contributed by atoms with Crippen LogP contribution in [0.4, 0.5) is 0 Å².